The number of nitrogens with zero attached hydrogens (tertiary/aromatic N) is 1. The van der Waals surface area contributed by atoms with Crippen molar-refractivity contribution in [2.45, 2.75) is 17.4 Å². The van der Waals surface area contributed by atoms with E-state index in [4.69, 9.17) is 9.57 Å². The van der Waals surface area contributed by atoms with Gasteiger partial charge in [-0.3, -0.25) is 9.63 Å². The van der Waals surface area contributed by atoms with E-state index in [0.717, 1.165) is 15.8 Å². The number of nitrogens with one attached hydrogen (secondary N) is 1. The lowest BCUT2D eigenvalue weighted by molar-refractivity contribution is -0.0258. The molecule has 138 valence electrons. The van der Waals surface area contributed by atoms with E-state index in [-0.39, 0.29) is 16.8 Å². The van der Waals surface area contributed by atoms with E-state index in [1.807, 2.05) is 24.3 Å². The van der Waals surface area contributed by atoms with Crippen LogP contribution in [0.25, 0.3) is 0 Å². The Hall–Kier alpha value is -2.42. The molecule has 1 heterocycles. The maximum atomic E-state index is 12.5. The number of ether oxygens (including phenoxy) is 1. The molecule has 1 aliphatic heterocycles. The SMILES string of the molecule is CON(C)S(=O)(=O)c1ccc(C(=O)N[C@H]2CCOc3ccccc32)cc1. The Morgan fingerprint density at radius 2 is 1.88 bits per heavy atom. The van der Waals surface area contributed by atoms with E-state index in [9.17, 15) is 13.2 Å². The first-order valence-electron chi connectivity index (χ1n) is 8.09. The Bertz CT molecular complexity index is 896. The molecule has 8 heteroatoms. The van der Waals surface area contributed by atoms with Crippen molar-refractivity contribution in [1.82, 2.24) is 9.79 Å². The van der Waals surface area contributed by atoms with E-state index in [2.05, 4.69) is 5.32 Å². The Balaban J connectivity index is 1.76. The van der Waals surface area contributed by atoms with Crippen LogP contribution in [0.1, 0.15) is 28.4 Å². The minimum Gasteiger partial charge on any atom is -0.493 e. The highest BCUT2D eigenvalue weighted by Gasteiger charge is 2.24. The minimum atomic E-state index is -3.74. The summed E-state index contributed by atoms with van der Waals surface area (Å²) in [5.74, 6) is 0.504. The molecule has 3 rings (SSSR count). The van der Waals surface area contributed by atoms with E-state index in [0.29, 0.717) is 18.6 Å². The molecule has 1 atom stereocenters. The topological polar surface area (TPSA) is 84.9 Å². The number of carbonyl (C=O) groups excluding carboxylic acids is 1. The van der Waals surface area contributed by atoms with E-state index in [1.54, 1.807) is 0 Å². The molecular weight excluding hydrogens is 356 g/mol. The van der Waals surface area contributed by atoms with Gasteiger partial charge in [-0.05, 0) is 30.3 Å². The maximum Gasteiger partial charge on any atom is 0.264 e. The number of amides is 1. The molecular formula is C18H20N2O5S. The van der Waals surface area contributed by atoms with Gasteiger partial charge in [0.2, 0.25) is 0 Å². The zero-order valence-corrected chi connectivity index (χ0v) is 15.3. The molecule has 2 aromatic rings. The van der Waals surface area contributed by atoms with Gasteiger partial charge in [0.15, 0.2) is 0 Å². The van der Waals surface area contributed by atoms with Gasteiger partial charge in [0.05, 0.1) is 24.7 Å². The average Bonchev–Trinajstić information content (AvgIpc) is 2.67. The van der Waals surface area contributed by atoms with Crippen molar-refractivity contribution in [3.8, 4) is 5.75 Å². The predicted molar refractivity (Wildman–Crippen MR) is 95.2 cm³/mol. The first-order valence-corrected chi connectivity index (χ1v) is 9.53. The van der Waals surface area contributed by atoms with Crippen molar-refractivity contribution in [2.24, 2.45) is 0 Å². The highest BCUT2D eigenvalue weighted by Crippen LogP contribution is 2.31. The predicted octanol–water partition coefficient (Wildman–Crippen LogP) is 2.12. The maximum absolute atomic E-state index is 12.5. The molecule has 0 fully saturated rings. The van der Waals surface area contributed by atoms with Gasteiger partial charge in [-0.1, -0.05) is 22.7 Å². The van der Waals surface area contributed by atoms with Crippen molar-refractivity contribution in [1.29, 1.82) is 0 Å². The van der Waals surface area contributed by atoms with Crippen LogP contribution in [0, 0.1) is 0 Å². The van der Waals surface area contributed by atoms with Crippen LogP contribution < -0.4 is 10.1 Å². The van der Waals surface area contributed by atoms with Crippen LogP contribution in [0.4, 0.5) is 0 Å². The van der Waals surface area contributed by atoms with Crippen LogP contribution in [0.3, 0.4) is 0 Å². The van der Waals surface area contributed by atoms with Gasteiger partial charge in [0, 0.05) is 24.6 Å². The minimum absolute atomic E-state index is 0.0508. The van der Waals surface area contributed by atoms with E-state index >= 15 is 0 Å². The van der Waals surface area contributed by atoms with Crippen LogP contribution >= 0.6 is 0 Å². The lowest BCUT2D eigenvalue weighted by atomic mass is 10.00. The molecule has 26 heavy (non-hydrogen) atoms. The number of benzene rings is 2. The summed E-state index contributed by atoms with van der Waals surface area (Å²) in [5.41, 5.74) is 1.32. The lowest BCUT2D eigenvalue weighted by Gasteiger charge is -2.26. The molecule has 0 aliphatic carbocycles. The number of hydrogen-bond donors (Lipinski definition) is 1. The van der Waals surface area contributed by atoms with Gasteiger partial charge in [0.25, 0.3) is 15.9 Å². The molecule has 0 aromatic heterocycles. The van der Waals surface area contributed by atoms with Crippen molar-refractivity contribution >= 4 is 15.9 Å². The monoisotopic (exact) mass is 376 g/mol. The summed E-state index contributed by atoms with van der Waals surface area (Å²) < 4.78 is 30.7. The number of hydroxylamine groups is 1. The number of fused-ring (bicyclic) bond motifs is 1. The van der Waals surface area contributed by atoms with E-state index < -0.39 is 10.0 Å². The van der Waals surface area contributed by atoms with Gasteiger partial charge in [0.1, 0.15) is 5.75 Å². The number of para-hydroxylation sites is 1. The third kappa shape index (κ3) is 3.57. The fourth-order valence-electron chi connectivity index (χ4n) is 2.76. The molecule has 0 saturated carbocycles. The third-order valence-corrected chi connectivity index (χ3v) is 5.97. The number of hydrogen-bond acceptors (Lipinski definition) is 5. The Kier molecular flexibility index (Phi) is 5.26. The smallest absolute Gasteiger partial charge is 0.264 e. The number of carbonyl (C=O) groups is 1. The summed E-state index contributed by atoms with van der Waals surface area (Å²) in [4.78, 5) is 17.3. The molecule has 0 saturated heterocycles. The normalized spacial score (nSPS) is 16.7. The summed E-state index contributed by atoms with van der Waals surface area (Å²) in [5, 5.41) is 2.98. The quantitative estimate of drug-likeness (QED) is 0.808. The number of sulfonamides is 1. The van der Waals surface area contributed by atoms with Gasteiger partial charge in [-0.25, -0.2) is 8.42 Å². The van der Waals surface area contributed by atoms with Crippen LogP contribution in [-0.2, 0) is 14.9 Å². The molecule has 7 nitrogen and oxygen atoms in total. The first-order chi connectivity index (χ1) is 12.4. The van der Waals surface area contributed by atoms with E-state index in [1.165, 1.54) is 38.4 Å². The largest absolute Gasteiger partial charge is 0.493 e. The van der Waals surface area contributed by atoms with Gasteiger partial charge in [-0.2, -0.15) is 0 Å². The molecule has 0 bridgehead atoms. The molecule has 1 amide bonds. The average molecular weight is 376 g/mol. The van der Waals surface area contributed by atoms with Gasteiger partial charge < -0.3 is 10.1 Å². The zero-order chi connectivity index (χ0) is 18.7. The van der Waals surface area contributed by atoms with Crippen molar-refractivity contribution in [3.05, 3.63) is 59.7 Å². The fourth-order valence-corrected chi connectivity index (χ4v) is 3.73. The fraction of sp³-hybridized carbons (Fsp3) is 0.278. The van der Waals surface area contributed by atoms with Crippen molar-refractivity contribution in [3.63, 3.8) is 0 Å². The standard InChI is InChI=1S/C18H20N2O5S/c1-20(24-2)26(22,23)14-9-7-13(8-10-14)18(21)19-16-11-12-25-17-6-4-3-5-15(16)17/h3-10,16H,11-12H2,1-2H3,(H,19,21)/t16-/m0/s1. The van der Waals surface area contributed by atoms with Crippen LogP contribution in [0.15, 0.2) is 53.4 Å². The summed E-state index contributed by atoms with van der Waals surface area (Å²) in [7, 11) is -1.16. The molecule has 1 aliphatic rings. The highest BCUT2D eigenvalue weighted by molar-refractivity contribution is 7.89. The Morgan fingerprint density at radius 3 is 2.58 bits per heavy atom. The van der Waals surface area contributed by atoms with Gasteiger partial charge >= 0.3 is 0 Å². The summed E-state index contributed by atoms with van der Waals surface area (Å²) in [6.07, 6.45) is 0.674. The molecule has 0 radical (unpaired) electrons. The summed E-state index contributed by atoms with van der Waals surface area (Å²) in [6, 6.07) is 13.2. The summed E-state index contributed by atoms with van der Waals surface area (Å²) in [6.45, 7) is 0.530. The molecule has 0 unspecified atom stereocenters. The lowest BCUT2D eigenvalue weighted by Crippen LogP contribution is -2.32. The van der Waals surface area contributed by atoms with Crippen LogP contribution in [0.2, 0.25) is 0 Å². The second kappa shape index (κ2) is 7.45. The Morgan fingerprint density at radius 1 is 1.19 bits per heavy atom. The molecule has 2 aromatic carbocycles. The third-order valence-electron chi connectivity index (χ3n) is 4.27. The zero-order valence-electron chi connectivity index (χ0n) is 14.5. The van der Waals surface area contributed by atoms with Crippen LogP contribution in [0.5, 0.6) is 5.75 Å². The van der Waals surface area contributed by atoms with Gasteiger partial charge in [-0.15, -0.1) is 0 Å². The molecule has 1 N–H and O–H groups in total. The summed E-state index contributed by atoms with van der Waals surface area (Å²) >= 11 is 0. The first kappa shape index (κ1) is 18.4. The highest BCUT2D eigenvalue weighted by atomic mass is 32.2. The van der Waals surface area contributed by atoms with Crippen molar-refractivity contribution < 1.29 is 22.8 Å². The van der Waals surface area contributed by atoms with Crippen LogP contribution in [-0.4, -0.2) is 39.6 Å². The second-order valence-corrected chi connectivity index (χ2v) is 7.76. The van der Waals surface area contributed by atoms with Crippen molar-refractivity contribution in [2.75, 3.05) is 20.8 Å². The number of rotatable bonds is 5. The Labute approximate surface area is 152 Å². The molecule has 0 spiro atoms. The second-order valence-electron chi connectivity index (χ2n) is 5.82.